The molecule has 2 saturated carbocycles. The Morgan fingerprint density at radius 1 is 1.41 bits per heavy atom. The fourth-order valence-electron chi connectivity index (χ4n) is 2.09. The number of amides is 1. The highest BCUT2D eigenvalue weighted by Crippen LogP contribution is 2.48. The molecule has 0 unspecified atom stereocenters. The van der Waals surface area contributed by atoms with Crippen molar-refractivity contribution in [2.75, 3.05) is 33.4 Å². The molecule has 0 aromatic heterocycles. The first-order valence-electron chi connectivity index (χ1n) is 6.70. The normalized spacial score (nSPS) is 21.2. The zero-order valence-corrected chi connectivity index (χ0v) is 10.8. The van der Waals surface area contributed by atoms with Crippen molar-refractivity contribution in [2.45, 2.75) is 32.1 Å². The summed E-state index contributed by atoms with van der Waals surface area (Å²) < 4.78 is 5.11. The van der Waals surface area contributed by atoms with Gasteiger partial charge in [-0.15, -0.1) is 0 Å². The molecule has 2 aliphatic carbocycles. The molecule has 2 rings (SSSR count). The Bertz CT molecular complexity index is 260. The molecular formula is C13H24N2O2. The van der Waals surface area contributed by atoms with Crippen LogP contribution in [0, 0.1) is 11.3 Å². The van der Waals surface area contributed by atoms with Crippen molar-refractivity contribution < 1.29 is 9.53 Å². The fraction of sp³-hybridized carbons (Fsp3) is 0.923. The highest BCUT2D eigenvalue weighted by atomic mass is 16.5. The summed E-state index contributed by atoms with van der Waals surface area (Å²) in [6.45, 7) is 3.11. The van der Waals surface area contributed by atoms with Crippen LogP contribution in [0.2, 0.25) is 0 Å². The van der Waals surface area contributed by atoms with Gasteiger partial charge in [0.15, 0.2) is 0 Å². The average molecular weight is 240 g/mol. The van der Waals surface area contributed by atoms with Gasteiger partial charge in [0, 0.05) is 26.8 Å². The highest BCUT2D eigenvalue weighted by Gasteiger charge is 2.41. The van der Waals surface area contributed by atoms with Gasteiger partial charge in [-0.25, -0.2) is 0 Å². The minimum Gasteiger partial charge on any atom is -0.385 e. The van der Waals surface area contributed by atoms with Crippen LogP contribution < -0.4 is 10.6 Å². The smallest absolute Gasteiger partial charge is 0.233 e. The third-order valence-corrected chi connectivity index (χ3v) is 3.86. The summed E-state index contributed by atoms with van der Waals surface area (Å²) in [4.78, 5) is 11.5. The Morgan fingerprint density at radius 2 is 2.18 bits per heavy atom. The standard InChI is InChI=1S/C13H24N2O2/c1-17-7-6-13(4-5-13)10-14-9-12(16)15-8-11-2-3-11/h11,14H,2-10H2,1H3,(H,15,16). The summed E-state index contributed by atoms with van der Waals surface area (Å²) >= 11 is 0. The van der Waals surface area contributed by atoms with Crippen molar-refractivity contribution >= 4 is 5.91 Å². The van der Waals surface area contributed by atoms with Crippen LogP contribution in [0.15, 0.2) is 0 Å². The van der Waals surface area contributed by atoms with Crippen LogP contribution in [0.25, 0.3) is 0 Å². The number of carbonyl (C=O) groups is 1. The summed E-state index contributed by atoms with van der Waals surface area (Å²) in [6, 6.07) is 0. The molecule has 17 heavy (non-hydrogen) atoms. The Hall–Kier alpha value is -0.610. The molecule has 2 N–H and O–H groups in total. The van der Waals surface area contributed by atoms with E-state index in [0.29, 0.717) is 12.0 Å². The number of rotatable bonds is 9. The SMILES string of the molecule is COCCC1(CNCC(=O)NCC2CC2)CC1. The molecule has 0 aliphatic heterocycles. The Labute approximate surface area is 103 Å². The lowest BCUT2D eigenvalue weighted by Crippen LogP contribution is -2.37. The molecule has 0 heterocycles. The van der Waals surface area contributed by atoms with E-state index in [-0.39, 0.29) is 5.91 Å². The molecule has 0 radical (unpaired) electrons. The van der Waals surface area contributed by atoms with Crippen LogP contribution in [0.5, 0.6) is 0 Å². The van der Waals surface area contributed by atoms with Gasteiger partial charge in [0.25, 0.3) is 0 Å². The topological polar surface area (TPSA) is 50.4 Å². The summed E-state index contributed by atoms with van der Waals surface area (Å²) in [5.41, 5.74) is 0.423. The van der Waals surface area contributed by atoms with Crippen molar-refractivity contribution in [1.29, 1.82) is 0 Å². The van der Waals surface area contributed by atoms with Gasteiger partial charge in [0.05, 0.1) is 6.54 Å². The van der Waals surface area contributed by atoms with Crippen LogP contribution in [-0.2, 0) is 9.53 Å². The first kappa shape index (κ1) is 12.8. The molecule has 98 valence electrons. The number of nitrogens with one attached hydrogen (secondary N) is 2. The molecule has 2 aliphatic rings. The van der Waals surface area contributed by atoms with E-state index in [1.54, 1.807) is 7.11 Å². The molecule has 0 saturated heterocycles. The van der Waals surface area contributed by atoms with Crippen molar-refractivity contribution in [3.8, 4) is 0 Å². The number of ether oxygens (including phenoxy) is 1. The van der Waals surface area contributed by atoms with E-state index in [0.717, 1.165) is 32.0 Å². The van der Waals surface area contributed by atoms with E-state index in [1.165, 1.54) is 25.7 Å². The first-order valence-corrected chi connectivity index (χ1v) is 6.70. The van der Waals surface area contributed by atoms with Gasteiger partial charge in [0.1, 0.15) is 0 Å². The minimum absolute atomic E-state index is 0.138. The molecule has 0 atom stereocenters. The summed E-state index contributed by atoms with van der Waals surface area (Å²) in [7, 11) is 1.74. The predicted octanol–water partition coefficient (Wildman–Crippen LogP) is 0.919. The average Bonchev–Trinajstić information content (AvgIpc) is 3.20. The second-order valence-electron chi connectivity index (χ2n) is 5.59. The molecule has 0 aromatic carbocycles. The Balaban J connectivity index is 1.51. The minimum atomic E-state index is 0.138. The van der Waals surface area contributed by atoms with Crippen molar-refractivity contribution in [3.05, 3.63) is 0 Å². The largest absolute Gasteiger partial charge is 0.385 e. The van der Waals surface area contributed by atoms with E-state index in [4.69, 9.17) is 4.74 Å². The molecular weight excluding hydrogens is 216 g/mol. The first-order chi connectivity index (χ1) is 8.24. The highest BCUT2D eigenvalue weighted by molar-refractivity contribution is 5.78. The van der Waals surface area contributed by atoms with Gasteiger partial charge in [-0.3, -0.25) is 4.79 Å². The quantitative estimate of drug-likeness (QED) is 0.630. The van der Waals surface area contributed by atoms with E-state index in [2.05, 4.69) is 10.6 Å². The van der Waals surface area contributed by atoms with Crippen LogP contribution in [0.4, 0.5) is 0 Å². The third kappa shape index (κ3) is 4.64. The lowest BCUT2D eigenvalue weighted by molar-refractivity contribution is -0.120. The van der Waals surface area contributed by atoms with E-state index in [1.807, 2.05) is 0 Å². The third-order valence-electron chi connectivity index (χ3n) is 3.86. The van der Waals surface area contributed by atoms with Gasteiger partial charge in [-0.05, 0) is 43.4 Å². The molecule has 4 nitrogen and oxygen atoms in total. The molecule has 2 fully saturated rings. The maximum Gasteiger partial charge on any atom is 0.233 e. The number of carbonyl (C=O) groups excluding carboxylic acids is 1. The monoisotopic (exact) mass is 240 g/mol. The van der Waals surface area contributed by atoms with Crippen LogP contribution in [0.1, 0.15) is 32.1 Å². The van der Waals surface area contributed by atoms with Crippen molar-refractivity contribution in [1.82, 2.24) is 10.6 Å². The second-order valence-corrected chi connectivity index (χ2v) is 5.59. The number of hydrogen-bond acceptors (Lipinski definition) is 3. The second kappa shape index (κ2) is 5.83. The van der Waals surface area contributed by atoms with Gasteiger partial charge in [-0.1, -0.05) is 0 Å². The number of methoxy groups -OCH3 is 1. The van der Waals surface area contributed by atoms with Gasteiger partial charge in [-0.2, -0.15) is 0 Å². The molecule has 1 amide bonds. The predicted molar refractivity (Wildman–Crippen MR) is 66.8 cm³/mol. The van der Waals surface area contributed by atoms with E-state index < -0.39 is 0 Å². The summed E-state index contributed by atoms with van der Waals surface area (Å²) in [5.74, 6) is 0.898. The van der Waals surface area contributed by atoms with Crippen LogP contribution in [0.3, 0.4) is 0 Å². The van der Waals surface area contributed by atoms with Crippen molar-refractivity contribution in [2.24, 2.45) is 11.3 Å². The Kier molecular flexibility index (Phi) is 4.40. The fourth-order valence-corrected chi connectivity index (χ4v) is 2.09. The van der Waals surface area contributed by atoms with Crippen LogP contribution >= 0.6 is 0 Å². The maximum atomic E-state index is 11.5. The van der Waals surface area contributed by atoms with Gasteiger partial charge >= 0.3 is 0 Å². The maximum absolute atomic E-state index is 11.5. The van der Waals surface area contributed by atoms with Crippen LogP contribution in [-0.4, -0.2) is 39.3 Å². The van der Waals surface area contributed by atoms with Gasteiger partial charge < -0.3 is 15.4 Å². The molecule has 0 bridgehead atoms. The van der Waals surface area contributed by atoms with Crippen molar-refractivity contribution in [3.63, 3.8) is 0 Å². The lowest BCUT2D eigenvalue weighted by Gasteiger charge is -2.15. The zero-order chi connectivity index (χ0) is 12.1. The van der Waals surface area contributed by atoms with Gasteiger partial charge in [0.2, 0.25) is 5.91 Å². The van der Waals surface area contributed by atoms with E-state index in [9.17, 15) is 4.79 Å². The summed E-state index contributed by atoms with van der Waals surface area (Å²) in [6.07, 6.45) is 6.22. The summed E-state index contributed by atoms with van der Waals surface area (Å²) in [5, 5.41) is 6.24. The zero-order valence-electron chi connectivity index (χ0n) is 10.8. The molecule has 0 spiro atoms. The number of hydrogen-bond donors (Lipinski definition) is 2. The lowest BCUT2D eigenvalue weighted by atomic mass is 10.0. The molecule has 4 heteroatoms. The Morgan fingerprint density at radius 3 is 2.76 bits per heavy atom. The molecule has 0 aromatic rings. The van der Waals surface area contributed by atoms with E-state index >= 15 is 0 Å².